The number of esters is 5. The number of aliphatic carboxylic acids is 1. The summed E-state index contributed by atoms with van der Waals surface area (Å²) in [5.41, 5.74) is 0.759. The van der Waals surface area contributed by atoms with Gasteiger partial charge in [0.15, 0.2) is 34.2 Å². The van der Waals surface area contributed by atoms with E-state index in [9.17, 15) is 33.9 Å². The number of furan rings is 2. The number of hydrogen-bond donors (Lipinski definition) is 1. The fourth-order valence-corrected chi connectivity index (χ4v) is 6.70. The molecule has 3 aromatic carbocycles. The van der Waals surface area contributed by atoms with E-state index in [1.165, 1.54) is 101 Å². The van der Waals surface area contributed by atoms with E-state index in [-0.39, 0.29) is 63.0 Å². The molecule has 17 heteroatoms. The second kappa shape index (κ2) is 18.3. The van der Waals surface area contributed by atoms with Crippen molar-refractivity contribution in [3.63, 3.8) is 0 Å². The Morgan fingerprint density at radius 1 is 0.667 bits per heavy atom. The molecule has 0 aliphatic heterocycles. The van der Waals surface area contributed by atoms with E-state index in [1.54, 1.807) is 0 Å². The zero-order chi connectivity index (χ0) is 43.1. The van der Waals surface area contributed by atoms with Crippen molar-refractivity contribution >= 4 is 47.0 Å². The molecule has 6 rings (SSSR count). The summed E-state index contributed by atoms with van der Waals surface area (Å²) >= 11 is 0. The van der Waals surface area contributed by atoms with Crippen LogP contribution in [0.2, 0.25) is 0 Å². The first-order valence-corrected chi connectivity index (χ1v) is 17.9. The van der Waals surface area contributed by atoms with E-state index >= 15 is 0 Å². The van der Waals surface area contributed by atoms with Crippen LogP contribution in [0.25, 0.3) is 11.2 Å². The Morgan fingerprint density at radius 3 is 1.83 bits per heavy atom. The number of methoxy groups -OCH3 is 3. The molecule has 2 aromatic heterocycles. The fraction of sp³-hybridized carbons (Fsp3) is 0.209. The zero-order valence-electron chi connectivity index (χ0n) is 32.1. The highest BCUT2D eigenvalue weighted by Crippen LogP contribution is 2.46. The van der Waals surface area contributed by atoms with Crippen LogP contribution in [0.1, 0.15) is 49.0 Å². The normalized spacial score (nSPS) is 18.4. The molecule has 0 spiro atoms. The van der Waals surface area contributed by atoms with E-state index in [2.05, 4.69) is 13.2 Å². The second-order valence-corrected chi connectivity index (χ2v) is 12.9. The lowest BCUT2D eigenvalue weighted by Gasteiger charge is -2.43. The molecule has 0 bridgehead atoms. The summed E-state index contributed by atoms with van der Waals surface area (Å²) in [5.74, 6) is -8.02. The van der Waals surface area contributed by atoms with Crippen molar-refractivity contribution in [2.24, 2.45) is 5.92 Å². The molecule has 1 aliphatic carbocycles. The average Bonchev–Trinajstić information content (AvgIpc) is 3.88. The Hall–Kier alpha value is -7.66. The van der Waals surface area contributed by atoms with Crippen LogP contribution >= 0.6 is 0 Å². The topological polar surface area (TPSA) is 223 Å². The van der Waals surface area contributed by atoms with E-state index in [4.69, 9.17) is 46.7 Å². The van der Waals surface area contributed by atoms with E-state index in [1.807, 2.05) is 0 Å². The van der Waals surface area contributed by atoms with Gasteiger partial charge >= 0.3 is 35.8 Å². The minimum Gasteiger partial charge on any atom is -0.493 e. The Labute approximate surface area is 340 Å². The smallest absolute Gasteiger partial charge is 0.343 e. The van der Waals surface area contributed by atoms with Crippen molar-refractivity contribution in [1.82, 2.24) is 0 Å². The van der Waals surface area contributed by atoms with Gasteiger partial charge in [-0.2, -0.15) is 0 Å². The molecule has 3 unspecified atom stereocenters. The SMILES string of the molecule is C=CC(=O)Oc1ccc(C(=O)OC2C[C@@H](OC(=O)c3ccc(OC(=O)c4ccc(OC(=O)C=C)c(OC)c4)c(OC)c3)C(C(=O)O)C(c3coc4ccoc34)[C@H]2OC)cc1. The molecule has 60 heavy (non-hydrogen) atoms. The molecule has 1 N–H and O–H groups in total. The summed E-state index contributed by atoms with van der Waals surface area (Å²) in [4.78, 5) is 76.9. The molecule has 1 saturated carbocycles. The molecule has 0 radical (unpaired) electrons. The quantitative estimate of drug-likeness (QED) is 0.0715. The van der Waals surface area contributed by atoms with Crippen LogP contribution in [-0.2, 0) is 28.6 Å². The van der Waals surface area contributed by atoms with Gasteiger partial charge in [-0.3, -0.25) is 4.79 Å². The lowest BCUT2D eigenvalue weighted by molar-refractivity contribution is -0.161. The van der Waals surface area contributed by atoms with E-state index in [0.29, 0.717) is 5.58 Å². The largest absolute Gasteiger partial charge is 0.493 e. The summed E-state index contributed by atoms with van der Waals surface area (Å²) in [6.07, 6.45) is 0.539. The van der Waals surface area contributed by atoms with Crippen LogP contribution in [0, 0.1) is 5.92 Å². The van der Waals surface area contributed by atoms with Crippen molar-refractivity contribution in [1.29, 1.82) is 0 Å². The lowest BCUT2D eigenvalue weighted by Crippen LogP contribution is -2.53. The van der Waals surface area contributed by atoms with Gasteiger partial charge in [0.25, 0.3) is 0 Å². The Balaban J connectivity index is 1.26. The molecule has 310 valence electrons. The Bertz CT molecular complexity index is 2460. The van der Waals surface area contributed by atoms with Crippen LogP contribution in [-0.4, -0.2) is 80.6 Å². The van der Waals surface area contributed by atoms with Gasteiger partial charge in [-0.1, -0.05) is 13.2 Å². The number of benzene rings is 3. The van der Waals surface area contributed by atoms with Gasteiger partial charge in [0.1, 0.15) is 30.0 Å². The average molecular weight is 825 g/mol. The third kappa shape index (κ3) is 8.90. The third-order valence-corrected chi connectivity index (χ3v) is 9.46. The van der Waals surface area contributed by atoms with Crippen molar-refractivity contribution < 1.29 is 80.6 Å². The number of carboxylic acids is 1. The minimum atomic E-state index is -1.48. The highest BCUT2D eigenvalue weighted by molar-refractivity contribution is 5.94. The van der Waals surface area contributed by atoms with Gasteiger partial charge in [0.05, 0.1) is 43.4 Å². The van der Waals surface area contributed by atoms with Crippen LogP contribution in [0.5, 0.6) is 28.7 Å². The number of carboxylic acid groups (broad SMARTS) is 1. The van der Waals surface area contributed by atoms with Gasteiger partial charge < -0.3 is 51.8 Å². The van der Waals surface area contributed by atoms with Crippen molar-refractivity contribution in [2.75, 3.05) is 21.3 Å². The molecule has 5 atom stereocenters. The van der Waals surface area contributed by atoms with Gasteiger partial charge in [-0.05, 0) is 60.7 Å². The van der Waals surface area contributed by atoms with Crippen molar-refractivity contribution in [3.8, 4) is 28.7 Å². The molecule has 1 aliphatic rings. The van der Waals surface area contributed by atoms with Crippen LogP contribution in [0.4, 0.5) is 0 Å². The maximum atomic E-state index is 13.8. The minimum absolute atomic E-state index is 0.0162. The standard InChI is InChI=1S/C43H36O17/c1-6-34(44)56-25-12-8-22(9-13-25)41(48)60-33-20-32(37(40(46)47)36(39(33)53-5)26-21-55-29-16-17-54-38(26)29)59-43(50)24-11-15-28(31(19-24)52-4)58-42(49)23-10-14-27(30(18-23)51-3)57-35(45)7-2/h6-19,21,32-33,36-37,39H,1-2,20H2,3-5H3,(H,46,47)/t32-,33?,36?,37?,39+/m1/s1. The number of fused-ring (bicyclic) bond motifs is 1. The summed E-state index contributed by atoms with van der Waals surface area (Å²) < 4.78 is 55.3. The highest BCUT2D eigenvalue weighted by atomic mass is 16.6. The first-order valence-electron chi connectivity index (χ1n) is 17.9. The van der Waals surface area contributed by atoms with Crippen LogP contribution in [0.3, 0.4) is 0 Å². The number of carbonyl (C=O) groups excluding carboxylic acids is 5. The molecule has 1 fully saturated rings. The summed E-state index contributed by atoms with van der Waals surface area (Å²) in [7, 11) is 3.90. The zero-order valence-corrected chi connectivity index (χ0v) is 32.1. The first kappa shape index (κ1) is 42.0. The van der Waals surface area contributed by atoms with Crippen molar-refractivity contribution in [3.05, 3.63) is 127 Å². The summed E-state index contributed by atoms with van der Waals surface area (Å²) in [6.45, 7) is 6.69. The van der Waals surface area contributed by atoms with E-state index < -0.39 is 66.0 Å². The van der Waals surface area contributed by atoms with Crippen molar-refractivity contribution in [2.45, 2.75) is 30.7 Å². The molecule has 0 amide bonds. The molecule has 5 aromatic rings. The molecule has 17 nitrogen and oxygen atoms in total. The molecular formula is C43H36O17. The first-order chi connectivity index (χ1) is 28.9. The number of rotatable bonds is 15. The number of hydrogen-bond acceptors (Lipinski definition) is 16. The molecular weight excluding hydrogens is 788 g/mol. The van der Waals surface area contributed by atoms with Gasteiger partial charge in [-0.15, -0.1) is 0 Å². The van der Waals surface area contributed by atoms with Gasteiger partial charge in [0, 0.05) is 43.2 Å². The fourth-order valence-electron chi connectivity index (χ4n) is 6.70. The Morgan fingerprint density at radius 2 is 1.23 bits per heavy atom. The Kier molecular flexibility index (Phi) is 12.8. The maximum Gasteiger partial charge on any atom is 0.343 e. The third-order valence-electron chi connectivity index (χ3n) is 9.46. The highest BCUT2D eigenvalue weighted by Gasteiger charge is 2.53. The lowest BCUT2D eigenvalue weighted by atomic mass is 9.70. The van der Waals surface area contributed by atoms with Crippen LogP contribution < -0.4 is 23.7 Å². The second-order valence-electron chi connectivity index (χ2n) is 12.9. The maximum absolute atomic E-state index is 13.8. The predicted molar refractivity (Wildman–Crippen MR) is 205 cm³/mol. The van der Waals surface area contributed by atoms with E-state index in [0.717, 1.165) is 12.2 Å². The van der Waals surface area contributed by atoms with Crippen LogP contribution in [0.15, 0.2) is 113 Å². The molecule has 0 saturated heterocycles. The predicted octanol–water partition coefficient (Wildman–Crippen LogP) is 6.10. The van der Waals surface area contributed by atoms with Gasteiger partial charge in [-0.25, -0.2) is 24.0 Å². The molecule has 2 heterocycles. The summed E-state index contributed by atoms with van der Waals surface area (Å²) in [5, 5.41) is 10.7. The van der Waals surface area contributed by atoms with Gasteiger partial charge in [0.2, 0.25) is 0 Å². The number of carbonyl (C=O) groups is 6. The summed E-state index contributed by atoms with van der Waals surface area (Å²) in [6, 6.07) is 14.8. The monoisotopic (exact) mass is 824 g/mol. The number of ether oxygens (including phenoxy) is 8.